The van der Waals surface area contributed by atoms with E-state index in [-0.39, 0.29) is 0 Å². The SMILES string of the molecule is CCc1cc(C)cc(C2CC2)c1. The Morgan fingerprint density at radius 1 is 1.25 bits per heavy atom. The maximum Gasteiger partial charge on any atom is -0.0161 e. The maximum absolute atomic E-state index is 2.38. The molecule has 1 fully saturated rings. The number of rotatable bonds is 2. The molecule has 0 nitrogen and oxygen atoms in total. The lowest BCUT2D eigenvalue weighted by atomic mass is 10.0. The first-order valence-electron chi connectivity index (χ1n) is 4.90. The van der Waals surface area contributed by atoms with Crippen LogP contribution in [0.15, 0.2) is 18.2 Å². The van der Waals surface area contributed by atoms with Crippen molar-refractivity contribution in [1.29, 1.82) is 0 Å². The minimum absolute atomic E-state index is 0.898. The summed E-state index contributed by atoms with van der Waals surface area (Å²) in [6.07, 6.45) is 3.99. The fraction of sp³-hybridized carbons (Fsp3) is 0.500. The Morgan fingerprint density at radius 3 is 2.58 bits per heavy atom. The molecule has 0 heterocycles. The molecule has 0 atom stereocenters. The van der Waals surface area contributed by atoms with E-state index >= 15 is 0 Å². The molecule has 2 rings (SSSR count). The van der Waals surface area contributed by atoms with E-state index in [9.17, 15) is 0 Å². The van der Waals surface area contributed by atoms with E-state index in [4.69, 9.17) is 0 Å². The molecule has 0 spiro atoms. The minimum atomic E-state index is 0.898. The highest BCUT2D eigenvalue weighted by Gasteiger charge is 2.23. The highest BCUT2D eigenvalue weighted by molar-refractivity contribution is 5.33. The van der Waals surface area contributed by atoms with E-state index in [1.807, 2.05) is 0 Å². The third kappa shape index (κ3) is 1.52. The van der Waals surface area contributed by atoms with Gasteiger partial charge in [-0.15, -0.1) is 0 Å². The van der Waals surface area contributed by atoms with E-state index in [0.717, 1.165) is 5.92 Å². The highest BCUT2D eigenvalue weighted by Crippen LogP contribution is 2.40. The zero-order chi connectivity index (χ0) is 8.55. The number of benzene rings is 1. The average Bonchev–Trinajstić information content (AvgIpc) is 2.85. The Kier molecular flexibility index (Phi) is 1.92. The van der Waals surface area contributed by atoms with Crippen LogP contribution in [0.1, 0.15) is 42.4 Å². The van der Waals surface area contributed by atoms with E-state index in [1.54, 1.807) is 5.56 Å². The summed E-state index contributed by atoms with van der Waals surface area (Å²) in [7, 11) is 0. The molecule has 0 N–H and O–H groups in total. The van der Waals surface area contributed by atoms with Crippen LogP contribution in [-0.2, 0) is 6.42 Å². The summed E-state index contributed by atoms with van der Waals surface area (Å²) in [6, 6.07) is 7.02. The minimum Gasteiger partial charge on any atom is -0.0613 e. The Hall–Kier alpha value is -0.780. The lowest BCUT2D eigenvalue weighted by Gasteiger charge is -2.04. The summed E-state index contributed by atoms with van der Waals surface area (Å²) in [5, 5.41) is 0. The van der Waals surface area contributed by atoms with Gasteiger partial charge in [-0.3, -0.25) is 0 Å². The normalized spacial score (nSPS) is 16.5. The van der Waals surface area contributed by atoms with Crippen LogP contribution in [0.3, 0.4) is 0 Å². The second-order valence-electron chi connectivity index (χ2n) is 3.88. The molecule has 1 aliphatic rings. The summed E-state index contributed by atoms with van der Waals surface area (Å²) < 4.78 is 0. The van der Waals surface area contributed by atoms with Crippen LogP contribution in [0.25, 0.3) is 0 Å². The van der Waals surface area contributed by atoms with Gasteiger partial charge in [-0.25, -0.2) is 0 Å². The molecule has 0 amide bonds. The second kappa shape index (κ2) is 2.93. The van der Waals surface area contributed by atoms with Crippen molar-refractivity contribution in [3.05, 3.63) is 34.9 Å². The first kappa shape index (κ1) is 7.85. The molecule has 1 aliphatic carbocycles. The standard InChI is InChI=1S/C12H16/c1-3-10-6-9(2)7-12(8-10)11-4-5-11/h6-8,11H,3-5H2,1-2H3. The predicted molar refractivity (Wildman–Crippen MR) is 52.5 cm³/mol. The quantitative estimate of drug-likeness (QED) is 0.621. The number of hydrogen-bond acceptors (Lipinski definition) is 0. The highest BCUT2D eigenvalue weighted by atomic mass is 14.3. The Morgan fingerprint density at radius 2 is 2.00 bits per heavy atom. The zero-order valence-corrected chi connectivity index (χ0v) is 7.93. The van der Waals surface area contributed by atoms with Crippen molar-refractivity contribution in [3.63, 3.8) is 0 Å². The second-order valence-corrected chi connectivity index (χ2v) is 3.88. The van der Waals surface area contributed by atoms with Crippen molar-refractivity contribution < 1.29 is 0 Å². The van der Waals surface area contributed by atoms with Crippen LogP contribution in [0.5, 0.6) is 0 Å². The summed E-state index contributed by atoms with van der Waals surface area (Å²) in [5.74, 6) is 0.898. The zero-order valence-electron chi connectivity index (χ0n) is 7.93. The Balaban J connectivity index is 2.34. The van der Waals surface area contributed by atoms with Crippen LogP contribution in [0.2, 0.25) is 0 Å². The first-order valence-corrected chi connectivity index (χ1v) is 4.90. The summed E-state index contributed by atoms with van der Waals surface area (Å²) >= 11 is 0. The molecule has 0 unspecified atom stereocenters. The summed E-state index contributed by atoms with van der Waals surface area (Å²) in [5.41, 5.74) is 4.50. The smallest absolute Gasteiger partial charge is 0.0161 e. The van der Waals surface area contributed by atoms with Gasteiger partial charge in [0, 0.05) is 0 Å². The largest absolute Gasteiger partial charge is 0.0613 e. The van der Waals surface area contributed by atoms with Crippen LogP contribution in [0, 0.1) is 6.92 Å². The third-order valence-corrected chi connectivity index (χ3v) is 2.62. The van der Waals surface area contributed by atoms with Crippen LogP contribution in [-0.4, -0.2) is 0 Å². The summed E-state index contributed by atoms with van der Waals surface area (Å²) in [6.45, 7) is 4.43. The van der Waals surface area contributed by atoms with Crippen molar-refractivity contribution in [1.82, 2.24) is 0 Å². The molecule has 0 radical (unpaired) electrons. The van der Waals surface area contributed by atoms with Gasteiger partial charge in [0.2, 0.25) is 0 Å². The molecule has 0 aromatic heterocycles. The van der Waals surface area contributed by atoms with Crippen LogP contribution < -0.4 is 0 Å². The topological polar surface area (TPSA) is 0 Å². The van der Waals surface area contributed by atoms with Gasteiger partial charge in [-0.2, -0.15) is 0 Å². The van der Waals surface area contributed by atoms with Gasteiger partial charge in [0.25, 0.3) is 0 Å². The van der Waals surface area contributed by atoms with Gasteiger partial charge < -0.3 is 0 Å². The molecule has 12 heavy (non-hydrogen) atoms. The van der Waals surface area contributed by atoms with Gasteiger partial charge >= 0.3 is 0 Å². The molecule has 64 valence electrons. The lowest BCUT2D eigenvalue weighted by Crippen LogP contribution is -1.87. The molecule has 0 bridgehead atoms. The third-order valence-electron chi connectivity index (χ3n) is 2.62. The number of hydrogen-bond donors (Lipinski definition) is 0. The number of aryl methyl sites for hydroxylation is 2. The van der Waals surface area contributed by atoms with Crippen molar-refractivity contribution in [3.8, 4) is 0 Å². The lowest BCUT2D eigenvalue weighted by molar-refractivity contribution is 1.07. The fourth-order valence-electron chi connectivity index (χ4n) is 1.75. The van der Waals surface area contributed by atoms with Gasteiger partial charge in [-0.1, -0.05) is 30.7 Å². The van der Waals surface area contributed by atoms with Gasteiger partial charge in [-0.05, 0) is 43.2 Å². The predicted octanol–water partition coefficient (Wildman–Crippen LogP) is 3.43. The van der Waals surface area contributed by atoms with Crippen LogP contribution >= 0.6 is 0 Å². The van der Waals surface area contributed by atoms with E-state index in [2.05, 4.69) is 32.0 Å². The molecular weight excluding hydrogens is 144 g/mol. The molecule has 0 heteroatoms. The van der Waals surface area contributed by atoms with Gasteiger partial charge in [0.15, 0.2) is 0 Å². The van der Waals surface area contributed by atoms with Crippen LogP contribution in [0.4, 0.5) is 0 Å². The maximum atomic E-state index is 2.38. The van der Waals surface area contributed by atoms with Crippen molar-refractivity contribution in [2.75, 3.05) is 0 Å². The molecule has 1 saturated carbocycles. The molecular formula is C12H16. The Labute approximate surface area is 74.6 Å². The molecule has 1 aromatic carbocycles. The Bertz CT molecular complexity index is 282. The van der Waals surface area contributed by atoms with Gasteiger partial charge in [0.1, 0.15) is 0 Å². The summed E-state index contributed by atoms with van der Waals surface area (Å²) in [4.78, 5) is 0. The van der Waals surface area contributed by atoms with E-state index < -0.39 is 0 Å². The van der Waals surface area contributed by atoms with E-state index in [1.165, 1.54) is 30.4 Å². The van der Waals surface area contributed by atoms with Crippen molar-refractivity contribution >= 4 is 0 Å². The molecule has 0 aliphatic heterocycles. The van der Waals surface area contributed by atoms with Gasteiger partial charge in [0.05, 0.1) is 0 Å². The van der Waals surface area contributed by atoms with Crippen molar-refractivity contribution in [2.45, 2.75) is 39.0 Å². The monoisotopic (exact) mass is 160 g/mol. The molecule has 1 aromatic rings. The van der Waals surface area contributed by atoms with Crippen molar-refractivity contribution in [2.24, 2.45) is 0 Å². The average molecular weight is 160 g/mol. The molecule has 0 saturated heterocycles. The first-order chi connectivity index (χ1) is 5.79. The van der Waals surface area contributed by atoms with E-state index in [0.29, 0.717) is 0 Å². The fourth-order valence-corrected chi connectivity index (χ4v) is 1.75.